The van der Waals surface area contributed by atoms with Crippen molar-refractivity contribution in [3.63, 3.8) is 0 Å². The van der Waals surface area contributed by atoms with E-state index in [2.05, 4.69) is 10.1 Å². The van der Waals surface area contributed by atoms with Crippen LogP contribution in [0.5, 0.6) is 0 Å². The SMILES string of the molecule is COC(=O)[C@@H](NC(=O)CCC(C)=O)c1ccccc1. The van der Waals surface area contributed by atoms with Crippen molar-refractivity contribution in [2.24, 2.45) is 0 Å². The van der Waals surface area contributed by atoms with Crippen LogP contribution in [-0.2, 0) is 19.1 Å². The Morgan fingerprint density at radius 3 is 2.32 bits per heavy atom. The average molecular weight is 263 g/mol. The van der Waals surface area contributed by atoms with Crippen molar-refractivity contribution in [2.45, 2.75) is 25.8 Å². The Bertz CT molecular complexity index is 456. The summed E-state index contributed by atoms with van der Waals surface area (Å²) >= 11 is 0. The standard InChI is InChI=1S/C14H17NO4/c1-10(16)8-9-12(17)15-13(14(18)19-2)11-6-4-3-5-7-11/h3-7,13H,8-9H2,1-2H3,(H,15,17)/t13-/m0/s1. The van der Waals surface area contributed by atoms with Crippen LogP contribution < -0.4 is 5.32 Å². The second-order valence-electron chi connectivity index (χ2n) is 4.14. The minimum Gasteiger partial charge on any atom is -0.467 e. The number of nitrogens with one attached hydrogen (secondary N) is 1. The Balaban J connectivity index is 2.74. The predicted octanol–water partition coefficient (Wildman–Crippen LogP) is 1.39. The van der Waals surface area contributed by atoms with Gasteiger partial charge < -0.3 is 14.8 Å². The van der Waals surface area contributed by atoms with E-state index in [4.69, 9.17) is 0 Å². The highest BCUT2D eigenvalue weighted by molar-refractivity contribution is 5.87. The first kappa shape index (κ1) is 14.9. The molecule has 0 bridgehead atoms. The van der Waals surface area contributed by atoms with Crippen LogP contribution in [0.3, 0.4) is 0 Å². The van der Waals surface area contributed by atoms with Crippen molar-refractivity contribution in [3.8, 4) is 0 Å². The number of rotatable bonds is 6. The molecule has 0 heterocycles. The molecule has 19 heavy (non-hydrogen) atoms. The van der Waals surface area contributed by atoms with Crippen LogP contribution >= 0.6 is 0 Å². The van der Waals surface area contributed by atoms with Crippen LogP contribution in [0.2, 0.25) is 0 Å². The van der Waals surface area contributed by atoms with E-state index in [1.54, 1.807) is 24.3 Å². The van der Waals surface area contributed by atoms with E-state index in [9.17, 15) is 14.4 Å². The van der Waals surface area contributed by atoms with Gasteiger partial charge in [-0.3, -0.25) is 4.79 Å². The number of ketones is 1. The lowest BCUT2D eigenvalue weighted by atomic mass is 10.1. The fourth-order valence-electron chi connectivity index (χ4n) is 1.56. The quantitative estimate of drug-likeness (QED) is 0.787. The maximum atomic E-state index is 11.7. The van der Waals surface area contributed by atoms with Crippen molar-refractivity contribution in [2.75, 3.05) is 7.11 Å². The minimum absolute atomic E-state index is 0.0651. The number of carbonyl (C=O) groups excluding carboxylic acids is 3. The molecule has 5 nitrogen and oxygen atoms in total. The highest BCUT2D eigenvalue weighted by Crippen LogP contribution is 2.14. The summed E-state index contributed by atoms with van der Waals surface area (Å²) in [6.07, 6.45) is 0.226. The maximum Gasteiger partial charge on any atom is 0.333 e. The van der Waals surface area contributed by atoms with Crippen molar-refractivity contribution in [1.29, 1.82) is 0 Å². The Hall–Kier alpha value is -2.17. The first-order chi connectivity index (χ1) is 9.04. The number of benzene rings is 1. The molecule has 1 amide bonds. The molecule has 0 aliphatic carbocycles. The number of methoxy groups -OCH3 is 1. The zero-order valence-corrected chi connectivity index (χ0v) is 11.0. The summed E-state index contributed by atoms with van der Waals surface area (Å²) in [5, 5.41) is 2.57. The molecule has 1 rings (SSSR count). The molecule has 0 radical (unpaired) electrons. The van der Waals surface area contributed by atoms with Crippen LogP contribution in [0.15, 0.2) is 30.3 Å². The van der Waals surface area contributed by atoms with Gasteiger partial charge in [0.2, 0.25) is 5.91 Å². The van der Waals surface area contributed by atoms with E-state index in [1.165, 1.54) is 14.0 Å². The first-order valence-electron chi connectivity index (χ1n) is 5.96. The monoisotopic (exact) mass is 263 g/mol. The summed E-state index contributed by atoms with van der Waals surface area (Å²) in [6.45, 7) is 1.42. The highest BCUT2D eigenvalue weighted by atomic mass is 16.5. The third-order valence-electron chi connectivity index (χ3n) is 2.58. The Kier molecular flexibility index (Phi) is 5.73. The van der Waals surface area contributed by atoms with Crippen LogP contribution in [-0.4, -0.2) is 24.8 Å². The Morgan fingerprint density at radius 1 is 1.16 bits per heavy atom. The normalized spacial score (nSPS) is 11.5. The summed E-state index contributed by atoms with van der Waals surface area (Å²) in [4.78, 5) is 34.2. The highest BCUT2D eigenvalue weighted by Gasteiger charge is 2.23. The van der Waals surface area contributed by atoms with Crippen LogP contribution in [0.25, 0.3) is 0 Å². The Morgan fingerprint density at radius 2 is 1.79 bits per heavy atom. The van der Waals surface area contributed by atoms with Gasteiger partial charge in [0.15, 0.2) is 6.04 Å². The molecule has 0 aromatic heterocycles. The summed E-state index contributed by atoms with van der Waals surface area (Å²) < 4.78 is 4.67. The minimum atomic E-state index is -0.842. The zero-order chi connectivity index (χ0) is 14.3. The zero-order valence-electron chi connectivity index (χ0n) is 11.0. The van der Waals surface area contributed by atoms with Gasteiger partial charge in [-0.15, -0.1) is 0 Å². The van der Waals surface area contributed by atoms with Crippen molar-refractivity contribution in [1.82, 2.24) is 5.32 Å². The summed E-state index contributed by atoms with van der Waals surface area (Å²) in [6, 6.07) is 7.97. The van der Waals surface area contributed by atoms with Gasteiger partial charge in [0, 0.05) is 12.8 Å². The van der Waals surface area contributed by atoms with E-state index in [-0.39, 0.29) is 24.5 Å². The number of ether oxygens (including phenoxy) is 1. The number of esters is 1. The number of amides is 1. The molecule has 1 aromatic carbocycles. The molecular formula is C14H17NO4. The van der Waals surface area contributed by atoms with Gasteiger partial charge >= 0.3 is 5.97 Å². The van der Waals surface area contributed by atoms with Gasteiger partial charge in [0.25, 0.3) is 0 Å². The average Bonchev–Trinajstić information content (AvgIpc) is 2.42. The van der Waals surface area contributed by atoms with Crippen molar-refractivity contribution >= 4 is 17.7 Å². The molecule has 0 saturated carbocycles. The van der Waals surface area contributed by atoms with Gasteiger partial charge in [0.05, 0.1) is 7.11 Å². The molecule has 0 fully saturated rings. The third kappa shape index (κ3) is 4.91. The van der Waals surface area contributed by atoms with Crippen molar-refractivity contribution in [3.05, 3.63) is 35.9 Å². The molecule has 0 aliphatic rings. The Labute approximate surface area is 111 Å². The molecule has 0 unspecified atom stereocenters. The van der Waals surface area contributed by atoms with Gasteiger partial charge in [-0.1, -0.05) is 30.3 Å². The smallest absolute Gasteiger partial charge is 0.333 e. The van der Waals surface area contributed by atoms with E-state index in [0.29, 0.717) is 5.56 Å². The molecular weight excluding hydrogens is 246 g/mol. The number of Topliss-reactive ketones (excluding diaryl/α,β-unsaturated/α-hetero) is 1. The molecule has 1 aromatic rings. The molecule has 5 heteroatoms. The van der Waals surface area contributed by atoms with E-state index in [1.807, 2.05) is 6.07 Å². The molecule has 102 valence electrons. The molecule has 1 N–H and O–H groups in total. The molecule has 0 aliphatic heterocycles. The third-order valence-corrected chi connectivity index (χ3v) is 2.58. The lowest BCUT2D eigenvalue weighted by Gasteiger charge is -2.16. The summed E-state index contributed by atoms with van der Waals surface area (Å²) in [5.41, 5.74) is 0.644. The van der Waals surface area contributed by atoms with Gasteiger partial charge in [0.1, 0.15) is 5.78 Å². The second-order valence-corrected chi connectivity index (χ2v) is 4.14. The van der Waals surface area contributed by atoms with Crippen LogP contribution in [0.1, 0.15) is 31.4 Å². The lowest BCUT2D eigenvalue weighted by molar-refractivity contribution is -0.145. The van der Waals surface area contributed by atoms with Gasteiger partial charge in [-0.2, -0.15) is 0 Å². The molecule has 1 atom stereocenters. The van der Waals surface area contributed by atoms with Crippen LogP contribution in [0, 0.1) is 0 Å². The maximum absolute atomic E-state index is 11.7. The van der Waals surface area contributed by atoms with Crippen LogP contribution in [0.4, 0.5) is 0 Å². The first-order valence-corrected chi connectivity index (χ1v) is 5.96. The number of hydrogen-bond donors (Lipinski definition) is 1. The second kappa shape index (κ2) is 7.31. The summed E-state index contributed by atoms with van der Waals surface area (Å²) in [7, 11) is 1.26. The predicted molar refractivity (Wildman–Crippen MR) is 69.3 cm³/mol. The number of carbonyl (C=O) groups is 3. The summed E-state index contributed by atoms with van der Waals surface area (Å²) in [5.74, 6) is -0.957. The van der Waals surface area contributed by atoms with E-state index >= 15 is 0 Å². The fraction of sp³-hybridized carbons (Fsp3) is 0.357. The van der Waals surface area contributed by atoms with Gasteiger partial charge in [-0.25, -0.2) is 4.79 Å². The lowest BCUT2D eigenvalue weighted by Crippen LogP contribution is -2.34. The van der Waals surface area contributed by atoms with E-state index < -0.39 is 12.0 Å². The van der Waals surface area contributed by atoms with E-state index in [0.717, 1.165) is 0 Å². The fourth-order valence-corrected chi connectivity index (χ4v) is 1.56. The number of hydrogen-bond acceptors (Lipinski definition) is 4. The topological polar surface area (TPSA) is 72.5 Å². The van der Waals surface area contributed by atoms with Crippen molar-refractivity contribution < 1.29 is 19.1 Å². The molecule has 0 saturated heterocycles. The van der Waals surface area contributed by atoms with Gasteiger partial charge in [-0.05, 0) is 12.5 Å². The largest absolute Gasteiger partial charge is 0.467 e. The molecule has 0 spiro atoms.